The van der Waals surface area contributed by atoms with Gasteiger partial charge in [0.2, 0.25) is 0 Å². The SMILES string of the molecule is CCCn1c(Oc2cccnc2C(=O)O)nc2nc(C34CC5CC(C3)C(C5)C4)[nH]c2c1=O. The first-order valence-electron chi connectivity index (χ1n) is 11.3. The molecule has 4 aliphatic carbocycles. The zero-order valence-corrected chi connectivity index (χ0v) is 17.9. The number of hydrogen-bond donors (Lipinski definition) is 2. The molecule has 2 atom stereocenters. The first kappa shape index (κ1) is 19.5. The maximum atomic E-state index is 13.4. The predicted molar refractivity (Wildman–Crippen MR) is 115 cm³/mol. The first-order chi connectivity index (χ1) is 15.5. The lowest BCUT2D eigenvalue weighted by atomic mass is 9.69. The van der Waals surface area contributed by atoms with Crippen molar-refractivity contribution >= 4 is 17.1 Å². The van der Waals surface area contributed by atoms with Gasteiger partial charge in [0.25, 0.3) is 5.56 Å². The normalized spacial score (nSPS) is 28.0. The van der Waals surface area contributed by atoms with Crippen LogP contribution in [0.2, 0.25) is 0 Å². The number of carbonyl (C=O) groups is 1. The Morgan fingerprint density at radius 1 is 1.28 bits per heavy atom. The van der Waals surface area contributed by atoms with Gasteiger partial charge in [0.1, 0.15) is 5.82 Å². The fraction of sp³-hybridized carbons (Fsp3) is 0.522. The van der Waals surface area contributed by atoms with Crippen LogP contribution in [0.3, 0.4) is 0 Å². The number of pyridine rings is 1. The molecule has 0 spiro atoms. The van der Waals surface area contributed by atoms with Crippen molar-refractivity contribution in [2.45, 2.75) is 57.4 Å². The minimum absolute atomic E-state index is 0.0279. The number of ether oxygens (including phenoxy) is 1. The molecule has 166 valence electrons. The summed E-state index contributed by atoms with van der Waals surface area (Å²) in [6.45, 7) is 2.35. The third kappa shape index (κ3) is 2.79. The Morgan fingerprint density at radius 3 is 2.75 bits per heavy atom. The number of nitrogens with one attached hydrogen (secondary N) is 1. The van der Waals surface area contributed by atoms with E-state index in [4.69, 9.17) is 9.72 Å². The van der Waals surface area contributed by atoms with Crippen molar-refractivity contribution in [3.05, 3.63) is 40.2 Å². The van der Waals surface area contributed by atoms with E-state index in [-0.39, 0.29) is 28.4 Å². The second kappa shape index (κ2) is 6.88. The quantitative estimate of drug-likeness (QED) is 0.607. The van der Waals surface area contributed by atoms with Gasteiger partial charge in [0.15, 0.2) is 22.6 Å². The number of aromatic amines is 1. The highest BCUT2D eigenvalue weighted by Gasteiger charge is 2.57. The second-order valence-electron chi connectivity index (χ2n) is 9.64. The largest absolute Gasteiger partial charge is 0.476 e. The number of fused-ring (bicyclic) bond motifs is 1. The number of carboxylic acid groups (broad SMARTS) is 1. The number of H-pyrrole nitrogens is 1. The van der Waals surface area contributed by atoms with Crippen molar-refractivity contribution in [1.82, 2.24) is 24.5 Å². The zero-order chi connectivity index (χ0) is 22.0. The predicted octanol–water partition coefficient (Wildman–Crippen LogP) is 3.49. The van der Waals surface area contributed by atoms with Gasteiger partial charge in [-0.05, 0) is 68.4 Å². The summed E-state index contributed by atoms with van der Waals surface area (Å²) in [5.74, 6) is 2.04. The van der Waals surface area contributed by atoms with Crippen molar-refractivity contribution < 1.29 is 14.6 Å². The van der Waals surface area contributed by atoms with Crippen LogP contribution in [0.4, 0.5) is 0 Å². The molecule has 3 aromatic heterocycles. The number of aromatic nitrogens is 5. The summed E-state index contributed by atoms with van der Waals surface area (Å²) in [4.78, 5) is 41.5. The summed E-state index contributed by atoms with van der Waals surface area (Å²) in [6, 6.07) is 3.12. The molecular formula is C23H25N5O4. The van der Waals surface area contributed by atoms with Crippen molar-refractivity contribution in [3.8, 4) is 11.8 Å². The smallest absolute Gasteiger partial charge is 0.358 e. The average Bonchev–Trinajstić information content (AvgIpc) is 3.40. The van der Waals surface area contributed by atoms with Crippen molar-refractivity contribution in [2.75, 3.05) is 0 Å². The van der Waals surface area contributed by atoms with Gasteiger partial charge in [-0.25, -0.2) is 14.8 Å². The van der Waals surface area contributed by atoms with Gasteiger partial charge in [0, 0.05) is 18.2 Å². The van der Waals surface area contributed by atoms with Crippen molar-refractivity contribution in [1.29, 1.82) is 0 Å². The van der Waals surface area contributed by atoms with Crippen LogP contribution in [0.5, 0.6) is 11.8 Å². The molecule has 4 saturated carbocycles. The summed E-state index contributed by atoms with van der Waals surface area (Å²) in [6.07, 6.45) is 8.15. The maximum Gasteiger partial charge on any atom is 0.358 e. The summed E-state index contributed by atoms with van der Waals surface area (Å²) >= 11 is 0. The van der Waals surface area contributed by atoms with E-state index in [2.05, 4.69) is 15.0 Å². The Hall–Kier alpha value is -3.23. The molecule has 4 aliphatic rings. The van der Waals surface area contributed by atoms with E-state index in [1.165, 1.54) is 29.7 Å². The molecule has 9 nitrogen and oxygen atoms in total. The molecule has 0 aliphatic heterocycles. The lowest BCUT2D eigenvalue weighted by Crippen LogP contribution is -2.32. The Balaban J connectivity index is 1.45. The van der Waals surface area contributed by atoms with Crippen LogP contribution in [-0.2, 0) is 12.0 Å². The molecule has 7 rings (SSSR count). The number of rotatable bonds is 6. The third-order valence-electron chi connectivity index (χ3n) is 7.62. The molecular weight excluding hydrogens is 410 g/mol. The van der Waals surface area contributed by atoms with E-state index in [0.29, 0.717) is 24.1 Å². The Labute approximate surface area is 183 Å². The molecule has 0 amide bonds. The Morgan fingerprint density at radius 2 is 2.06 bits per heavy atom. The van der Waals surface area contributed by atoms with Gasteiger partial charge in [-0.3, -0.25) is 9.36 Å². The van der Waals surface area contributed by atoms with Gasteiger partial charge in [-0.1, -0.05) is 6.92 Å². The summed E-state index contributed by atoms with van der Waals surface area (Å²) < 4.78 is 7.28. The molecule has 3 heterocycles. The Kier molecular flexibility index (Phi) is 4.18. The van der Waals surface area contributed by atoms with Crippen LogP contribution in [0.1, 0.15) is 61.8 Å². The van der Waals surface area contributed by atoms with E-state index in [1.54, 1.807) is 6.07 Å². The number of nitrogens with zero attached hydrogens (tertiary/aromatic N) is 4. The minimum atomic E-state index is -1.21. The second-order valence-corrected chi connectivity index (χ2v) is 9.64. The van der Waals surface area contributed by atoms with E-state index in [0.717, 1.165) is 42.8 Å². The molecule has 0 aromatic carbocycles. The lowest BCUT2D eigenvalue weighted by molar-refractivity contribution is 0.0687. The van der Waals surface area contributed by atoms with Crippen molar-refractivity contribution in [2.24, 2.45) is 17.8 Å². The van der Waals surface area contributed by atoms with Crippen LogP contribution in [0, 0.1) is 17.8 Å². The van der Waals surface area contributed by atoms with Gasteiger partial charge in [-0.15, -0.1) is 0 Å². The monoisotopic (exact) mass is 435 g/mol. The van der Waals surface area contributed by atoms with Crippen molar-refractivity contribution in [3.63, 3.8) is 0 Å². The number of carboxylic acids is 1. The molecule has 0 saturated heterocycles. The third-order valence-corrected chi connectivity index (χ3v) is 7.62. The number of hydrogen-bond acceptors (Lipinski definition) is 6. The molecule has 2 N–H and O–H groups in total. The number of imidazole rings is 1. The van der Waals surface area contributed by atoms with Gasteiger partial charge in [-0.2, -0.15) is 4.98 Å². The van der Waals surface area contributed by atoms with E-state index in [1.807, 2.05) is 6.92 Å². The average molecular weight is 435 g/mol. The summed E-state index contributed by atoms with van der Waals surface area (Å²) in [5, 5.41) is 9.43. The van der Waals surface area contributed by atoms with Gasteiger partial charge in [0.05, 0.1) is 0 Å². The van der Waals surface area contributed by atoms with Crippen LogP contribution in [0.25, 0.3) is 11.2 Å². The first-order valence-corrected chi connectivity index (χ1v) is 11.3. The molecule has 3 aromatic rings. The number of aromatic carboxylic acids is 1. The van der Waals surface area contributed by atoms with E-state index < -0.39 is 5.97 Å². The van der Waals surface area contributed by atoms with E-state index >= 15 is 0 Å². The molecule has 4 fully saturated rings. The molecule has 2 unspecified atom stereocenters. The summed E-state index contributed by atoms with van der Waals surface area (Å²) in [7, 11) is 0. The van der Waals surface area contributed by atoms with Crippen LogP contribution in [0.15, 0.2) is 23.1 Å². The zero-order valence-electron chi connectivity index (χ0n) is 17.9. The fourth-order valence-electron chi connectivity index (χ4n) is 6.55. The van der Waals surface area contributed by atoms with Crippen LogP contribution < -0.4 is 10.3 Å². The molecule has 0 radical (unpaired) electrons. The fourth-order valence-corrected chi connectivity index (χ4v) is 6.55. The standard InChI is InChI=1S/C23H25N5O4/c1-2-6-28-19(29)17-18(27-22(28)32-15-4-3-5-24-16(15)20(30)31)26-21(25-17)23-9-12-7-13(10-23)14(8-12)11-23/h3-5,12-14H,2,6-11H2,1H3,(H,25,26)(H,30,31). The highest BCUT2D eigenvalue weighted by atomic mass is 16.5. The highest BCUT2D eigenvalue weighted by Crippen LogP contribution is 2.64. The highest BCUT2D eigenvalue weighted by molar-refractivity contribution is 5.88. The van der Waals surface area contributed by atoms with E-state index in [9.17, 15) is 14.7 Å². The van der Waals surface area contributed by atoms with Gasteiger partial charge < -0.3 is 14.8 Å². The summed E-state index contributed by atoms with van der Waals surface area (Å²) in [5.41, 5.74) is 0.260. The molecule has 9 heteroatoms. The van der Waals surface area contributed by atoms with Gasteiger partial charge >= 0.3 is 12.0 Å². The topological polar surface area (TPSA) is 123 Å². The maximum absolute atomic E-state index is 13.4. The lowest BCUT2D eigenvalue weighted by Gasteiger charge is -2.36. The Bertz CT molecular complexity index is 1280. The minimum Gasteiger partial charge on any atom is -0.476 e. The van der Waals surface area contributed by atoms with Crippen LogP contribution >= 0.6 is 0 Å². The molecule has 32 heavy (non-hydrogen) atoms. The van der Waals surface area contributed by atoms with Crippen LogP contribution in [-0.4, -0.2) is 35.6 Å². The molecule has 4 bridgehead atoms.